The SMILES string of the molecule is C[C@H](O)CCc1cccnc1Br. The highest BCUT2D eigenvalue weighted by molar-refractivity contribution is 9.10. The van der Waals surface area contributed by atoms with E-state index in [0.717, 1.165) is 23.0 Å². The van der Waals surface area contributed by atoms with E-state index in [4.69, 9.17) is 5.11 Å². The van der Waals surface area contributed by atoms with Gasteiger partial charge in [-0.15, -0.1) is 0 Å². The molecule has 0 aromatic carbocycles. The van der Waals surface area contributed by atoms with E-state index in [-0.39, 0.29) is 6.10 Å². The molecule has 1 heterocycles. The second-order valence-corrected chi connectivity index (χ2v) is 3.59. The van der Waals surface area contributed by atoms with Crippen LogP contribution in [-0.4, -0.2) is 16.2 Å². The Bertz CT molecular complexity index is 250. The number of aromatic nitrogens is 1. The van der Waals surface area contributed by atoms with Gasteiger partial charge in [-0.3, -0.25) is 0 Å². The van der Waals surface area contributed by atoms with E-state index in [0.29, 0.717) is 0 Å². The van der Waals surface area contributed by atoms with Crippen LogP contribution in [-0.2, 0) is 6.42 Å². The molecule has 0 amide bonds. The van der Waals surface area contributed by atoms with E-state index in [2.05, 4.69) is 20.9 Å². The van der Waals surface area contributed by atoms with E-state index in [9.17, 15) is 0 Å². The van der Waals surface area contributed by atoms with Crippen LogP contribution in [0, 0.1) is 0 Å². The van der Waals surface area contributed by atoms with Gasteiger partial charge in [0.1, 0.15) is 4.60 Å². The standard InChI is InChI=1S/C9H12BrNO/c1-7(12)4-5-8-3-2-6-11-9(8)10/h2-3,6-7,12H,4-5H2,1H3/t7-/m0/s1. The van der Waals surface area contributed by atoms with Gasteiger partial charge in [0.05, 0.1) is 6.10 Å². The maximum absolute atomic E-state index is 9.07. The second-order valence-electron chi connectivity index (χ2n) is 2.84. The van der Waals surface area contributed by atoms with Gasteiger partial charge in [-0.25, -0.2) is 4.98 Å². The quantitative estimate of drug-likeness (QED) is 0.807. The van der Waals surface area contributed by atoms with Gasteiger partial charge >= 0.3 is 0 Å². The molecule has 0 unspecified atom stereocenters. The summed E-state index contributed by atoms with van der Waals surface area (Å²) in [5, 5.41) is 9.07. The van der Waals surface area contributed by atoms with Crippen molar-refractivity contribution in [3.05, 3.63) is 28.5 Å². The molecule has 66 valence electrons. The molecule has 0 radical (unpaired) electrons. The number of nitrogens with zero attached hydrogens (tertiary/aromatic N) is 1. The fourth-order valence-electron chi connectivity index (χ4n) is 0.970. The molecule has 12 heavy (non-hydrogen) atoms. The Morgan fingerprint density at radius 1 is 1.67 bits per heavy atom. The van der Waals surface area contributed by atoms with Gasteiger partial charge in [-0.1, -0.05) is 6.07 Å². The minimum absolute atomic E-state index is 0.239. The molecule has 0 aliphatic heterocycles. The molecule has 1 N–H and O–H groups in total. The summed E-state index contributed by atoms with van der Waals surface area (Å²) in [4.78, 5) is 4.09. The fourth-order valence-corrected chi connectivity index (χ4v) is 1.42. The summed E-state index contributed by atoms with van der Waals surface area (Å²) >= 11 is 3.35. The number of hydrogen-bond acceptors (Lipinski definition) is 2. The Balaban J connectivity index is 2.57. The van der Waals surface area contributed by atoms with Crippen LogP contribution in [0.1, 0.15) is 18.9 Å². The third kappa shape index (κ3) is 2.91. The number of hydrogen-bond donors (Lipinski definition) is 1. The Labute approximate surface area is 80.8 Å². The Morgan fingerprint density at radius 3 is 3.00 bits per heavy atom. The average Bonchev–Trinajstić information content (AvgIpc) is 2.03. The predicted molar refractivity (Wildman–Crippen MR) is 51.9 cm³/mol. The smallest absolute Gasteiger partial charge is 0.109 e. The lowest BCUT2D eigenvalue weighted by Crippen LogP contribution is -2.02. The van der Waals surface area contributed by atoms with Crippen LogP contribution >= 0.6 is 15.9 Å². The Morgan fingerprint density at radius 2 is 2.42 bits per heavy atom. The molecule has 2 nitrogen and oxygen atoms in total. The van der Waals surface area contributed by atoms with Gasteiger partial charge < -0.3 is 5.11 Å². The highest BCUT2D eigenvalue weighted by atomic mass is 79.9. The van der Waals surface area contributed by atoms with Crippen molar-refractivity contribution in [3.63, 3.8) is 0 Å². The van der Waals surface area contributed by atoms with Crippen molar-refractivity contribution in [1.29, 1.82) is 0 Å². The van der Waals surface area contributed by atoms with Crippen LogP contribution in [0.4, 0.5) is 0 Å². The summed E-state index contributed by atoms with van der Waals surface area (Å²) < 4.78 is 0.880. The van der Waals surface area contributed by atoms with Crippen molar-refractivity contribution in [2.75, 3.05) is 0 Å². The molecule has 3 heteroatoms. The zero-order valence-corrected chi connectivity index (χ0v) is 8.58. The highest BCUT2D eigenvalue weighted by Gasteiger charge is 2.01. The van der Waals surface area contributed by atoms with Crippen molar-refractivity contribution < 1.29 is 5.11 Å². The second kappa shape index (κ2) is 4.58. The van der Waals surface area contributed by atoms with Gasteiger partial charge in [0.2, 0.25) is 0 Å². The summed E-state index contributed by atoms with van der Waals surface area (Å²) in [5.74, 6) is 0. The Kier molecular flexibility index (Phi) is 3.69. The van der Waals surface area contributed by atoms with Crippen LogP contribution in [0.25, 0.3) is 0 Å². The van der Waals surface area contributed by atoms with E-state index in [1.165, 1.54) is 0 Å². The van der Waals surface area contributed by atoms with Crippen LogP contribution < -0.4 is 0 Å². The lowest BCUT2D eigenvalue weighted by molar-refractivity contribution is 0.185. The van der Waals surface area contributed by atoms with Crippen LogP contribution in [0.5, 0.6) is 0 Å². The molecule has 1 atom stereocenters. The zero-order chi connectivity index (χ0) is 8.97. The summed E-state index contributed by atoms with van der Waals surface area (Å²) in [6.45, 7) is 1.80. The predicted octanol–water partition coefficient (Wildman–Crippen LogP) is 2.16. The third-order valence-corrected chi connectivity index (χ3v) is 2.38. The summed E-state index contributed by atoms with van der Waals surface area (Å²) in [6.07, 6.45) is 3.16. The van der Waals surface area contributed by atoms with Gasteiger partial charge in [0.25, 0.3) is 0 Å². The topological polar surface area (TPSA) is 33.1 Å². The molecule has 1 aromatic rings. The Hall–Kier alpha value is -0.410. The molecule has 1 aromatic heterocycles. The van der Waals surface area contributed by atoms with Crippen LogP contribution in [0.3, 0.4) is 0 Å². The monoisotopic (exact) mass is 229 g/mol. The van der Waals surface area contributed by atoms with E-state index >= 15 is 0 Å². The van der Waals surface area contributed by atoms with Crippen LogP contribution in [0.2, 0.25) is 0 Å². The highest BCUT2D eigenvalue weighted by Crippen LogP contribution is 2.14. The molecule has 0 bridgehead atoms. The van der Waals surface area contributed by atoms with Gasteiger partial charge in [0, 0.05) is 6.20 Å². The first-order valence-corrected chi connectivity index (χ1v) is 4.77. The van der Waals surface area contributed by atoms with Crippen LogP contribution in [0.15, 0.2) is 22.9 Å². The first-order chi connectivity index (χ1) is 5.70. The van der Waals surface area contributed by atoms with Crippen molar-refractivity contribution in [3.8, 4) is 0 Å². The molecular formula is C9H12BrNO. The number of halogens is 1. The van der Waals surface area contributed by atoms with Crippen molar-refractivity contribution in [2.45, 2.75) is 25.9 Å². The molecule has 0 saturated heterocycles. The minimum atomic E-state index is -0.239. The summed E-state index contributed by atoms with van der Waals surface area (Å²) in [7, 11) is 0. The average molecular weight is 230 g/mol. The number of rotatable bonds is 3. The zero-order valence-electron chi connectivity index (χ0n) is 7.00. The largest absolute Gasteiger partial charge is 0.393 e. The van der Waals surface area contributed by atoms with E-state index < -0.39 is 0 Å². The maximum Gasteiger partial charge on any atom is 0.109 e. The fraction of sp³-hybridized carbons (Fsp3) is 0.444. The molecule has 0 aliphatic carbocycles. The molecule has 1 rings (SSSR count). The lowest BCUT2D eigenvalue weighted by Gasteiger charge is -2.04. The van der Waals surface area contributed by atoms with Gasteiger partial charge in [0.15, 0.2) is 0 Å². The molecular weight excluding hydrogens is 218 g/mol. The van der Waals surface area contributed by atoms with E-state index in [1.54, 1.807) is 13.1 Å². The summed E-state index contributed by atoms with van der Waals surface area (Å²) in [6, 6.07) is 3.92. The van der Waals surface area contributed by atoms with Crippen molar-refractivity contribution in [2.24, 2.45) is 0 Å². The molecule has 0 saturated carbocycles. The lowest BCUT2D eigenvalue weighted by atomic mass is 10.1. The number of aliphatic hydroxyl groups is 1. The van der Waals surface area contributed by atoms with Crippen molar-refractivity contribution in [1.82, 2.24) is 4.98 Å². The molecule has 0 spiro atoms. The first-order valence-electron chi connectivity index (χ1n) is 3.97. The minimum Gasteiger partial charge on any atom is -0.393 e. The molecule has 0 fully saturated rings. The maximum atomic E-state index is 9.07. The number of aryl methyl sites for hydroxylation is 1. The number of pyridine rings is 1. The third-order valence-electron chi connectivity index (χ3n) is 1.67. The molecule has 0 aliphatic rings. The van der Waals surface area contributed by atoms with Crippen molar-refractivity contribution >= 4 is 15.9 Å². The van der Waals surface area contributed by atoms with Gasteiger partial charge in [-0.2, -0.15) is 0 Å². The normalized spacial score (nSPS) is 12.9. The van der Waals surface area contributed by atoms with E-state index in [1.807, 2.05) is 12.1 Å². The first kappa shape index (κ1) is 9.68. The summed E-state index contributed by atoms with van der Waals surface area (Å²) in [5.41, 5.74) is 1.15. The van der Waals surface area contributed by atoms with Gasteiger partial charge in [-0.05, 0) is 47.3 Å². The number of aliphatic hydroxyl groups excluding tert-OH is 1.